The van der Waals surface area contributed by atoms with Crippen LogP contribution in [0.4, 0.5) is 10.5 Å². The third-order valence-electron chi connectivity index (χ3n) is 2.48. The molecule has 0 aliphatic carbocycles. The maximum Gasteiger partial charge on any atom is 0.319 e. The summed E-state index contributed by atoms with van der Waals surface area (Å²) in [4.78, 5) is 18.7. The molecule has 2 rings (SSSR count). The van der Waals surface area contributed by atoms with Gasteiger partial charge in [0, 0.05) is 31.0 Å². The molecule has 2 aromatic rings. The lowest BCUT2D eigenvalue weighted by molar-refractivity contribution is 0.252. The third kappa shape index (κ3) is 3.62. The topological polar surface area (TPSA) is 69.8 Å². The number of urea groups is 1. The van der Waals surface area contributed by atoms with Crippen molar-refractivity contribution >= 4 is 11.7 Å². The molecule has 0 fully saturated rings. The molecule has 0 spiro atoms. The van der Waals surface area contributed by atoms with E-state index in [1.807, 2.05) is 31.2 Å². The second-order valence-corrected chi connectivity index (χ2v) is 4.04. The molecule has 0 aliphatic rings. The van der Waals surface area contributed by atoms with Crippen LogP contribution < -0.4 is 10.6 Å². The number of carbonyl (C=O) groups excluding carboxylic acids is 1. The highest BCUT2D eigenvalue weighted by atomic mass is 16.2. The molecule has 5 nitrogen and oxygen atoms in total. The van der Waals surface area contributed by atoms with E-state index in [0.717, 1.165) is 17.1 Å². The molecule has 0 unspecified atom stereocenters. The first-order valence-corrected chi connectivity index (χ1v) is 5.84. The molecule has 18 heavy (non-hydrogen) atoms. The predicted octanol–water partition coefficient (Wildman–Crippen LogP) is 2.08. The number of aromatic nitrogens is 2. The fourth-order valence-corrected chi connectivity index (χ4v) is 1.63. The molecule has 2 amide bonds. The molecular weight excluding hydrogens is 228 g/mol. The van der Waals surface area contributed by atoms with Gasteiger partial charge in [-0.15, -0.1) is 0 Å². The van der Waals surface area contributed by atoms with Crippen LogP contribution in [0.5, 0.6) is 0 Å². The summed E-state index contributed by atoms with van der Waals surface area (Å²) in [5.41, 5.74) is 1.91. The van der Waals surface area contributed by atoms with Gasteiger partial charge in [-0.2, -0.15) is 0 Å². The molecule has 5 heteroatoms. The number of nitrogens with zero attached hydrogens (tertiary/aromatic N) is 1. The van der Waals surface area contributed by atoms with E-state index in [0.29, 0.717) is 13.0 Å². The summed E-state index contributed by atoms with van der Waals surface area (Å²) < 4.78 is 0. The number of hydrogen-bond donors (Lipinski definition) is 3. The van der Waals surface area contributed by atoms with E-state index in [-0.39, 0.29) is 6.03 Å². The van der Waals surface area contributed by atoms with Crippen LogP contribution in [-0.2, 0) is 6.42 Å². The molecule has 1 aromatic carbocycles. The average molecular weight is 244 g/mol. The Labute approximate surface area is 106 Å². The molecule has 1 heterocycles. The van der Waals surface area contributed by atoms with Crippen molar-refractivity contribution in [2.75, 3.05) is 11.9 Å². The summed E-state index contributed by atoms with van der Waals surface area (Å²) in [7, 11) is 0. The fourth-order valence-electron chi connectivity index (χ4n) is 1.63. The summed E-state index contributed by atoms with van der Waals surface area (Å²) in [6.45, 7) is 2.53. The number of rotatable bonds is 4. The highest BCUT2D eigenvalue weighted by Gasteiger charge is 2.01. The Morgan fingerprint density at radius 2 is 2.33 bits per heavy atom. The number of imidazole rings is 1. The van der Waals surface area contributed by atoms with E-state index in [1.165, 1.54) is 0 Å². The highest BCUT2D eigenvalue weighted by molar-refractivity contribution is 5.89. The SMILES string of the molecule is Cc1cccc(NC(=O)NCCc2ncc[nH]2)c1. The van der Waals surface area contributed by atoms with E-state index >= 15 is 0 Å². The number of benzene rings is 1. The van der Waals surface area contributed by atoms with Crippen LogP contribution in [-0.4, -0.2) is 22.5 Å². The number of anilines is 1. The van der Waals surface area contributed by atoms with Crippen molar-refractivity contribution < 1.29 is 4.79 Å². The zero-order valence-corrected chi connectivity index (χ0v) is 10.2. The summed E-state index contributed by atoms with van der Waals surface area (Å²) in [6.07, 6.45) is 4.15. The summed E-state index contributed by atoms with van der Waals surface area (Å²) in [5, 5.41) is 5.56. The fraction of sp³-hybridized carbons (Fsp3) is 0.231. The van der Waals surface area contributed by atoms with Crippen LogP contribution >= 0.6 is 0 Å². The van der Waals surface area contributed by atoms with Crippen LogP contribution in [0.25, 0.3) is 0 Å². The lowest BCUT2D eigenvalue weighted by Gasteiger charge is -2.07. The van der Waals surface area contributed by atoms with Gasteiger partial charge in [-0.25, -0.2) is 9.78 Å². The Kier molecular flexibility index (Phi) is 3.96. The maximum atomic E-state index is 11.6. The van der Waals surface area contributed by atoms with Gasteiger partial charge >= 0.3 is 6.03 Å². The zero-order chi connectivity index (χ0) is 12.8. The summed E-state index contributed by atoms with van der Waals surface area (Å²) in [5.74, 6) is 0.867. The first kappa shape index (κ1) is 12.2. The Bertz CT molecular complexity index is 507. The highest BCUT2D eigenvalue weighted by Crippen LogP contribution is 2.08. The molecule has 0 atom stereocenters. The third-order valence-corrected chi connectivity index (χ3v) is 2.48. The molecule has 3 N–H and O–H groups in total. The van der Waals surface area contributed by atoms with Gasteiger partial charge in [0.2, 0.25) is 0 Å². The Balaban J connectivity index is 1.75. The Hall–Kier alpha value is -2.30. The number of hydrogen-bond acceptors (Lipinski definition) is 2. The largest absolute Gasteiger partial charge is 0.349 e. The molecule has 0 bridgehead atoms. The summed E-state index contributed by atoms with van der Waals surface area (Å²) >= 11 is 0. The van der Waals surface area contributed by atoms with E-state index in [1.54, 1.807) is 12.4 Å². The second-order valence-electron chi connectivity index (χ2n) is 4.04. The van der Waals surface area contributed by atoms with Crippen LogP contribution in [0.3, 0.4) is 0 Å². The number of aryl methyl sites for hydroxylation is 1. The molecule has 0 aliphatic heterocycles. The molecule has 0 saturated carbocycles. The van der Waals surface area contributed by atoms with Gasteiger partial charge in [0.15, 0.2) is 0 Å². The number of nitrogens with one attached hydrogen (secondary N) is 3. The Morgan fingerprint density at radius 3 is 3.06 bits per heavy atom. The van der Waals surface area contributed by atoms with Crippen LogP contribution in [0.15, 0.2) is 36.7 Å². The normalized spacial score (nSPS) is 10.1. The van der Waals surface area contributed by atoms with Crippen molar-refractivity contribution in [3.05, 3.63) is 48.0 Å². The van der Waals surface area contributed by atoms with Crippen molar-refractivity contribution in [1.29, 1.82) is 0 Å². The lowest BCUT2D eigenvalue weighted by atomic mass is 10.2. The van der Waals surface area contributed by atoms with Crippen LogP contribution in [0.1, 0.15) is 11.4 Å². The molecule has 1 aromatic heterocycles. The molecular formula is C13H16N4O. The summed E-state index contributed by atoms with van der Waals surface area (Å²) in [6, 6.07) is 7.48. The number of aromatic amines is 1. The van der Waals surface area contributed by atoms with Gasteiger partial charge in [0.1, 0.15) is 5.82 Å². The van der Waals surface area contributed by atoms with E-state index in [4.69, 9.17) is 0 Å². The molecule has 94 valence electrons. The van der Waals surface area contributed by atoms with E-state index < -0.39 is 0 Å². The van der Waals surface area contributed by atoms with Crippen LogP contribution in [0, 0.1) is 6.92 Å². The molecule has 0 saturated heterocycles. The van der Waals surface area contributed by atoms with Gasteiger partial charge < -0.3 is 15.6 Å². The number of H-pyrrole nitrogens is 1. The van der Waals surface area contributed by atoms with Gasteiger partial charge in [-0.1, -0.05) is 12.1 Å². The van der Waals surface area contributed by atoms with Crippen LogP contribution in [0.2, 0.25) is 0 Å². The van der Waals surface area contributed by atoms with Gasteiger partial charge in [-0.3, -0.25) is 0 Å². The monoisotopic (exact) mass is 244 g/mol. The van der Waals surface area contributed by atoms with Crippen molar-refractivity contribution in [2.24, 2.45) is 0 Å². The number of carbonyl (C=O) groups is 1. The van der Waals surface area contributed by atoms with Crippen molar-refractivity contribution in [1.82, 2.24) is 15.3 Å². The van der Waals surface area contributed by atoms with Crippen molar-refractivity contribution in [3.63, 3.8) is 0 Å². The average Bonchev–Trinajstić information content (AvgIpc) is 2.82. The second kappa shape index (κ2) is 5.86. The quantitative estimate of drug-likeness (QED) is 0.770. The minimum absolute atomic E-state index is 0.202. The van der Waals surface area contributed by atoms with E-state index in [9.17, 15) is 4.79 Å². The number of amides is 2. The van der Waals surface area contributed by atoms with Gasteiger partial charge in [0.25, 0.3) is 0 Å². The standard InChI is InChI=1S/C13H16N4O/c1-10-3-2-4-11(9-10)17-13(18)16-6-5-12-14-7-8-15-12/h2-4,7-9H,5-6H2,1H3,(H,14,15)(H2,16,17,18). The minimum Gasteiger partial charge on any atom is -0.349 e. The zero-order valence-electron chi connectivity index (χ0n) is 10.2. The first-order chi connectivity index (χ1) is 8.74. The van der Waals surface area contributed by atoms with Crippen molar-refractivity contribution in [3.8, 4) is 0 Å². The smallest absolute Gasteiger partial charge is 0.319 e. The van der Waals surface area contributed by atoms with Gasteiger partial charge in [0.05, 0.1) is 0 Å². The Morgan fingerprint density at radius 1 is 1.44 bits per heavy atom. The van der Waals surface area contributed by atoms with Crippen molar-refractivity contribution in [2.45, 2.75) is 13.3 Å². The minimum atomic E-state index is -0.202. The lowest BCUT2D eigenvalue weighted by Crippen LogP contribution is -2.30. The predicted molar refractivity (Wildman–Crippen MR) is 70.5 cm³/mol. The maximum absolute atomic E-state index is 11.6. The van der Waals surface area contributed by atoms with E-state index in [2.05, 4.69) is 20.6 Å². The molecule has 0 radical (unpaired) electrons. The van der Waals surface area contributed by atoms with Gasteiger partial charge in [-0.05, 0) is 24.6 Å². The first-order valence-electron chi connectivity index (χ1n) is 5.84.